The monoisotopic (exact) mass is 331 g/mol. The molecule has 2 heterocycles. The number of carbonyl (C=O) groups excluding carboxylic acids is 1. The number of amides is 1. The molecule has 7 nitrogen and oxygen atoms in total. The van der Waals surface area contributed by atoms with Crippen molar-refractivity contribution in [3.8, 4) is 0 Å². The first-order valence-corrected chi connectivity index (χ1v) is 6.98. The smallest absolute Gasteiger partial charge is 0.307 e. The van der Waals surface area contributed by atoms with Gasteiger partial charge in [0.2, 0.25) is 11.8 Å². The number of halogens is 1. The minimum atomic E-state index is -0.803. The van der Waals surface area contributed by atoms with Crippen LogP contribution >= 0.6 is 12.4 Å². The van der Waals surface area contributed by atoms with Crippen molar-refractivity contribution in [3.63, 3.8) is 0 Å². The minimum Gasteiger partial charge on any atom is -0.481 e. The zero-order valence-electron chi connectivity index (χ0n) is 13.0. The average molecular weight is 332 g/mol. The van der Waals surface area contributed by atoms with Crippen molar-refractivity contribution in [2.75, 3.05) is 25.0 Å². The van der Waals surface area contributed by atoms with Gasteiger partial charge < -0.3 is 9.63 Å². The number of aromatic nitrogens is 1. The summed E-state index contributed by atoms with van der Waals surface area (Å²) in [6, 6.07) is 1.71. The second-order valence-corrected chi connectivity index (χ2v) is 6.43. The Morgan fingerprint density at radius 3 is 2.68 bits per heavy atom. The molecular formula is C14H22ClN3O4. The third kappa shape index (κ3) is 4.71. The van der Waals surface area contributed by atoms with Gasteiger partial charge in [0.15, 0.2) is 0 Å². The van der Waals surface area contributed by atoms with E-state index in [-0.39, 0.29) is 36.2 Å². The van der Waals surface area contributed by atoms with Gasteiger partial charge in [-0.3, -0.25) is 19.8 Å². The summed E-state index contributed by atoms with van der Waals surface area (Å²) in [6.07, 6.45) is 0.582. The molecule has 1 fully saturated rings. The fourth-order valence-electron chi connectivity index (χ4n) is 2.25. The normalized spacial score (nSPS) is 18.8. The molecule has 124 valence electrons. The molecule has 0 radical (unpaired) electrons. The summed E-state index contributed by atoms with van der Waals surface area (Å²) in [5.41, 5.74) is 0.626. The lowest BCUT2D eigenvalue weighted by molar-refractivity contribution is -0.141. The minimum absolute atomic E-state index is 0. The molecule has 0 aromatic carbocycles. The standard InChI is InChI=1S/C14H21N3O4.ClH/c1-14(2,3)10-6-12(21-16-10)15-11(18)8-17-5-4-9(7-17)13(19)20;/h6,9H,4-5,7-8H2,1-3H3,(H,15,18)(H,19,20);1H. The number of nitrogens with one attached hydrogen (secondary N) is 1. The van der Waals surface area contributed by atoms with Crippen LogP contribution in [-0.2, 0) is 15.0 Å². The number of anilines is 1. The highest BCUT2D eigenvalue weighted by Gasteiger charge is 2.29. The molecule has 1 unspecified atom stereocenters. The quantitative estimate of drug-likeness (QED) is 0.872. The first kappa shape index (κ1) is 18.4. The lowest BCUT2D eigenvalue weighted by Crippen LogP contribution is -2.32. The summed E-state index contributed by atoms with van der Waals surface area (Å²) in [5, 5.41) is 15.5. The van der Waals surface area contributed by atoms with Crippen LogP contribution in [0, 0.1) is 5.92 Å². The van der Waals surface area contributed by atoms with E-state index in [9.17, 15) is 9.59 Å². The fraction of sp³-hybridized carbons (Fsp3) is 0.643. The van der Waals surface area contributed by atoms with Crippen molar-refractivity contribution in [3.05, 3.63) is 11.8 Å². The zero-order valence-corrected chi connectivity index (χ0v) is 13.8. The third-order valence-electron chi connectivity index (χ3n) is 3.53. The Morgan fingerprint density at radius 2 is 2.18 bits per heavy atom. The highest BCUT2D eigenvalue weighted by Crippen LogP contribution is 2.23. The van der Waals surface area contributed by atoms with Gasteiger partial charge in [-0.1, -0.05) is 25.9 Å². The van der Waals surface area contributed by atoms with Crippen LogP contribution in [0.4, 0.5) is 5.88 Å². The van der Waals surface area contributed by atoms with Gasteiger partial charge in [-0.25, -0.2) is 0 Å². The summed E-state index contributed by atoms with van der Waals surface area (Å²) in [4.78, 5) is 24.6. The molecule has 1 saturated heterocycles. The van der Waals surface area contributed by atoms with E-state index < -0.39 is 5.97 Å². The molecule has 0 aliphatic carbocycles. The Hall–Kier alpha value is -1.60. The Morgan fingerprint density at radius 1 is 1.50 bits per heavy atom. The molecule has 0 saturated carbocycles. The first-order valence-electron chi connectivity index (χ1n) is 6.98. The van der Waals surface area contributed by atoms with Gasteiger partial charge in [0.05, 0.1) is 18.2 Å². The maximum Gasteiger partial charge on any atom is 0.307 e. The fourth-order valence-corrected chi connectivity index (χ4v) is 2.25. The Labute approximate surface area is 135 Å². The van der Waals surface area contributed by atoms with Gasteiger partial charge in [-0.2, -0.15) is 0 Å². The lowest BCUT2D eigenvalue weighted by atomic mass is 9.92. The Bertz CT molecular complexity index is 538. The molecule has 1 aliphatic heterocycles. The second kappa shape index (κ2) is 7.11. The molecule has 1 amide bonds. The molecule has 22 heavy (non-hydrogen) atoms. The van der Waals surface area contributed by atoms with Crippen molar-refractivity contribution in [1.82, 2.24) is 10.1 Å². The van der Waals surface area contributed by atoms with E-state index in [4.69, 9.17) is 9.63 Å². The predicted molar refractivity (Wildman–Crippen MR) is 83.3 cm³/mol. The van der Waals surface area contributed by atoms with E-state index in [1.54, 1.807) is 6.07 Å². The van der Waals surface area contributed by atoms with Crippen LogP contribution < -0.4 is 5.32 Å². The van der Waals surface area contributed by atoms with Crippen LogP contribution in [0.2, 0.25) is 0 Å². The SMILES string of the molecule is CC(C)(C)c1cc(NC(=O)CN2CCC(C(=O)O)C2)on1.Cl. The van der Waals surface area contributed by atoms with Crippen molar-refractivity contribution in [2.45, 2.75) is 32.6 Å². The number of hydrogen-bond acceptors (Lipinski definition) is 5. The largest absolute Gasteiger partial charge is 0.481 e. The van der Waals surface area contributed by atoms with Crippen LogP contribution in [0.3, 0.4) is 0 Å². The Balaban J connectivity index is 0.00000242. The number of rotatable bonds is 4. The van der Waals surface area contributed by atoms with Gasteiger partial charge in [-0.05, 0) is 13.0 Å². The molecular weight excluding hydrogens is 310 g/mol. The summed E-state index contributed by atoms with van der Waals surface area (Å²) in [6.45, 7) is 7.21. The van der Waals surface area contributed by atoms with Gasteiger partial charge >= 0.3 is 5.97 Å². The molecule has 0 bridgehead atoms. The maximum absolute atomic E-state index is 11.9. The van der Waals surface area contributed by atoms with E-state index >= 15 is 0 Å². The predicted octanol–water partition coefficient (Wildman–Crippen LogP) is 1.74. The van der Waals surface area contributed by atoms with Crippen molar-refractivity contribution < 1.29 is 19.2 Å². The molecule has 1 atom stereocenters. The number of carbonyl (C=O) groups is 2. The van der Waals surface area contributed by atoms with Crippen LogP contribution in [0.1, 0.15) is 32.9 Å². The number of carboxylic acids is 1. The number of likely N-dealkylation sites (tertiary alicyclic amines) is 1. The molecule has 1 aliphatic rings. The molecule has 8 heteroatoms. The molecule has 1 aromatic heterocycles. The summed E-state index contributed by atoms with van der Waals surface area (Å²) in [7, 11) is 0. The summed E-state index contributed by atoms with van der Waals surface area (Å²) < 4.78 is 5.09. The molecule has 2 N–H and O–H groups in total. The summed E-state index contributed by atoms with van der Waals surface area (Å²) in [5.74, 6) is -1.09. The van der Waals surface area contributed by atoms with Gasteiger partial charge in [0.1, 0.15) is 0 Å². The number of carboxylic acid groups (broad SMARTS) is 1. The van der Waals surface area contributed by atoms with E-state index in [0.29, 0.717) is 25.4 Å². The van der Waals surface area contributed by atoms with E-state index in [2.05, 4.69) is 10.5 Å². The second-order valence-electron chi connectivity index (χ2n) is 6.43. The van der Waals surface area contributed by atoms with Crippen molar-refractivity contribution >= 4 is 30.2 Å². The van der Waals surface area contributed by atoms with Crippen LogP contribution in [0.5, 0.6) is 0 Å². The van der Waals surface area contributed by atoms with Crippen LogP contribution in [0.25, 0.3) is 0 Å². The van der Waals surface area contributed by atoms with Crippen molar-refractivity contribution in [2.24, 2.45) is 5.92 Å². The van der Waals surface area contributed by atoms with E-state index in [1.807, 2.05) is 25.7 Å². The zero-order chi connectivity index (χ0) is 15.6. The number of aliphatic carboxylic acids is 1. The van der Waals surface area contributed by atoms with E-state index in [1.165, 1.54) is 0 Å². The van der Waals surface area contributed by atoms with Gasteiger partial charge in [0, 0.05) is 18.0 Å². The first-order chi connectivity index (χ1) is 9.75. The third-order valence-corrected chi connectivity index (χ3v) is 3.53. The van der Waals surface area contributed by atoms with Crippen LogP contribution in [0.15, 0.2) is 10.6 Å². The average Bonchev–Trinajstić information content (AvgIpc) is 2.97. The molecule has 0 spiro atoms. The molecule has 1 aromatic rings. The van der Waals surface area contributed by atoms with Crippen LogP contribution in [-0.4, -0.2) is 46.7 Å². The molecule has 2 rings (SSSR count). The highest BCUT2D eigenvalue weighted by atomic mass is 35.5. The number of nitrogens with zero attached hydrogens (tertiary/aromatic N) is 2. The summed E-state index contributed by atoms with van der Waals surface area (Å²) >= 11 is 0. The van der Waals surface area contributed by atoms with Gasteiger partial charge in [0.25, 0.3) is 0 Å². The topological polar surface area (TPSA) is 95.7 Å². The van der Waals surface area contributed by atoms with E-state index in [0.717, 1.165) is 5.69 Å². The maximum atomic E-state index is 11.9. The number of hydrogen-bond donors (Lipinski definition) is 2. The van der Waals surface area contributed by atoms with Crippen molar-refractivity contribution in [1.29, 1.82) is 0 Å². The lowest BCUT2D eigenvalue weighted by Gasteiger charge is -2.14. The Kier molecular flexibility index (Phi) is 5.96. The van der Waals surface area contributed by atoms with Gasteiger partial charge in [-0.15, -0.1) is 12.4 Å². The highest BCUT2D eigenvalue weighted by molar-refractivity contribution is 5.91.